The lowest BCUT2D eigenvalue weighted by molar-refractivity contribution is -0.0943. The van der Waals surface area contributed by atoms with Gasteiger partial charge in [-0.1, -0.05) is 72.9 Å². The molecule has 1 aliphatic heterocycles. The number of hydrogen-bond acceptors (Lipinski definition) is 10. The molecule has 232 valence electrons. The van der Waals surface area contributed by atoms with Crippen LogP contribution in [0.4, 0.5) is 5.82 Å². The SMILES string of the molecule is C=C(C)Sc1nc2c(N)ncnc2n1[C@H]1CC(O)[C@@H](COC(c2ccccc2)(c2ccc(OC)cc2)c2ccc(OC)cc2)O1. The Morgan fingerprint density at radius 3 is 2.16 bits per heavy atom. The summed E-state index contributed by atoms with van der Waals surface area (Å²) in [5.41, 5.74) is 8.77. The van der Waals surface area contributed by atoms with Crippen molar-refractivity contribution in [3.63, 3.8) is 0 Å². The molecule has 45 heavy (non-hydrogen) atoms. The number of fused-ring (bicyclic) bond motifs is 1. The summed E-state index contributed by atoms with van der Waals surface area (Å²) in [7, 11) is 3.28. The lowest BCUT2D eigenvalue weighted by atomic mass is 9.80. The van der Waals surface area contributed by atoms with Gasteiger partial charge in [0.15, 0.2) is 22.1 Å². The molecule has 0 bridgehead atoms. The first kappa shape index (κ1) is 30.6. The number of hydrogen-bond donors (Lipinski definition) is 2. The summed E-state index contributed by atoms with van der Waals surface area (Å²) in [6.45, 7) is 6.00. The number of aliphatic hydroxyl groups is 1. The lowest BCUT2D eigenvalue weighted by Crippen LogP contribution is -2.38. The minimum absolute atomic E-state index is 0.0807. The van der Waals surface area contributed by atoms with Gasteiger partial charge in [-0.2, -0.15) is 0 Å². The highest BCUT2D eigenvalue weighted by Gasteiger charge is 2.42. The summed E-state index contributed by atoms with van der Waals surface area (Å²) in [4.78, 5) is 14.1. The van der Waals surface area contributed by atoms with E-state index in [-0.39, 0.29) is 12.4 Å². The number of anilines is 1. The number of methoxy groups -OCH3 is 2. The van der Waals surface area contributed by atoms with Crippen LogP contribution in [0.25, 0.3) is 11.2 Å². The molecule has 11 heteroatoms. The van der Waals surface area contributed by atoms with Gasteiger partial charge in [-0.25, -0.2) is 15.0 Å². The number of thioether (sulfide) groups is 1. The van der Waals surface area contributed by atoms with Crippen LogP contribution < -0.4 is 15.2 Å². The maximum absolute atomic E-state index is 11.3. The number of imidazole rings is 1. The van der Waals surface area contributed by atoms with Crippen LogP contribution in [0.2, 0.25) is 0 Å². The highest BCUT2D eigenvalue weighted by molar-refractivity contribution is 8.02. The maximum atomic E-state index is 11.3. The third-order valence-electron chi connectivity index (χ3n) is 7.87. The molecule has 1 aliphatic rings. The summed E-state index contributed by atoms with van der Waals surface area (Å²) in [6, 6.07) is 25.6. The zero-order chi connectivity index (χ0) is 31.6. The van der Waals surface area contributed by atoms with Gasteiger partial charge in [0.05, 0.1) is 26.9 Å². The van der Waals surface area contributed by atoms with E-state index in [2.05, 4.69) is 21.5 Å². The fraction of sp³-hybridized carbons (Fsp3) is 0.265. The molecule has 3 atom stereocenters. The molecule has 6 rings (SSSR count). The largest absolute Gasteiger partial charge is 0.497 e. The second kappa shape index (κ2) is 12.9. The number of nitrogens with two attached hydrogens (primary N) is 1. The average molecular weight is 626 g/mol. The monoisotopic (exact) mass is 625 g/mol. The average Bonchev–Trinajstić information content (AvgIpc) is 3.61. The van der Waals surface area contributed by atoms with Crippen LogP contribution in [-0.2, 0) is 15.1 Å². The van der Waals surface area contributed by atoms with Gasteiger partial charge in [-0.05, 0) is 52.8 Å². The number of benzene rings is 3. The topological polar surface area (TPSA) is 127 Å². The van der Waals surface area contributed by atoms with Crippen molar-refractivity contribution in [3.05, 3.63) is 113 Å². The number of aromatic nitrogens is 4. The van der Waals surface area contributed by atoms with E-state index < -0.39 is 24.0 Å². The van der Waals surface area contributed by atoms with Crippen molar-refractivity contribution in [1.29, 1.82) is 0 Å². The van der Waals surface area contributed by atoms with Gasteiger partial charge in [0.25, 0.3) is 0 Å². The number of allylic oxidation sites excluding steroid dienone is 1. The first-order valence-corrected chi connectivity index (χ1v) is 15.3. The molecule has 2 aromatic heterocycles. The molecule has 0 saturated carbocycles. The molecular formula is C34H35N5O5S. The third kappa shape index (κ3) is 5.87. The molecule has 5 aromatic rings. The van der Waals surface area contributed by atoms with E-state index in [4.69, 9.17) is 24.7 Å². The fourth-order valence-corrected chi connectivity index (χ4v) is 6.45. The fourth-order valence-electron chi connectivity index (χ4n) is 5.70. The first-order valence-electron chi connectivity index (χ1n) is 14.5. The van der Waals surface area contributed by atoms with E-state index in [9.17, 15) is 5.11 Å². The highest BCUT2D eigenvalue weighted by atomic mass is 32.2. The molecule has 0 spiro atoms. The minimum Gasteiger partial charge on any atom is -0.497 e. The molecule has 1 unspecified atom stereocenters. The second-order valence-electron chi connectivity index (χ2n) is 10.7. The second-order valence-corrected chi connectivity index (χ2v) is 12.0. The van der Waals surface area contributed by atoms with Crippen LogP contribution in [0.3, 0.4) is 0 Å². The Kier molecular flexibility index (Phi) is 8.77. The van der Waals surface area contributed by atoms with E-state index in [1.807, 2.05) is 90.4 Å². The Balaban J connectivity index is 1.38. The zero-order valence-corrected chi connectivity index (χ0v) is 26.1. The predicted molar refractivity (Wildman–Crippen MR) is 173 cm³/mol. The van der Waals surface area contributed by atoms with E-state index in [0.717, 1.165) is 33.1 Å². The van der Waals surface area contributed by atoms with Crippen LogP contribution in [0.5, 0.6) is 11.5 Å². The van der Waals surface area contributed by atoms with Gasteiger partial charge in [-0.15, -0.1) is 0 Å². The Hall–Kier alpha value is -4.42. The standard InChI is InChI=1S/C34H35N5O5S/c1-21(2)45-33-38-30-31(35)36-20-37-32(30)39(33)29-18-27(40)28(44-29)19-43-34(22-8-6-5-7-9-22,23-10-14-25(41-3)15-11-23)24-12-16-26(42-4)17-13-24/h5-17,20,27-29,40H,1,18-19H2,2-4H3,(H2,35,36,37)/t27?,28-,29-/m1/s1. The van der Waals surface area contributed by atoms with Crippen LogP contribution >= 0.6 is 11.8 Å². The summed E-state index contributed by atoms with van der Waals surface area (Å²) < 4.78 is 26.3. The van der Waals surface area contributed by atoms with Crippen LogP contribution in [0.1, 0.15) is 36.3 Å². The van der Waals surface area contributed by atoms with E-state index in [1.165, 1.54) is 18.1 Å². The van der Waals surface area contributed by atoms with Gasteiger partial charge < -0.3 is 29.8 Å². The van der Waals surface area contributed by atoms with Crippen molar-refractivity contribution in [2.24, 2.45) is 0 Å². The van der Waals surface area contributed by atoms with E-state index in [1.54, 1.807) is 14.2 Å². The molecule has 1 saturated heterocycles. The molecule has 3 heterocycles. The van der Waals surface area contributed by atoms with Gasteiger partial charge >= 0.3 is 0 Å². The van der Waals surface area contributed by atoms with Gasteiger partial charge in [0.2, 0.25) is 0 Å². The zero-order valence-electron chi connectivity index (χ0n) is 25.3. The number of nitrogens with zero attached hydrogens (tertiary/aromatic N) is 4. The molecule has 1 fully saturated rings. The predicted octanol–water partition coefficient (Wildman–Crippen LogP) is 5.71. The molecule has 0 amide bonds. The highest BCUT2D eigenvalue weighted by Crippen LogP contribution is 2.43. The Labute approximate surface area is 265 Å². The van der Waals surface area contributed by atoms with Gasteiger partial charge in [0, 0.05) is 6.42 Å². The van der Waals surface area contributed by atoms with Crippen molar-refractivity contribution >= 4 is 28.7 Å². The van der Waals surface area contributed by atoms with Crippen LogP contribution in [-0.4, -0.2) is 57.7 Å². The summed E-state index contributed by atoms with van der Waals surface area (Å²) in [6.07, 6.45) is -0.350. The van der Waals surface area contributed by atoms with Crippen LogP contribution in [0, 0.1) is 0 Å². The minimum atomic E-state index is -1.05. The van der Waals surface area contributed by atoms with Crippen molar-refractivity contribution in [2.45, 2.75) is 42.5 Å². The van der Waals surface area contributed by atoms with Crippen molar-refractivity contribution in [1.82, 2.24) is 19.5 Å². The molecular weight excluding hydrogens is 590 g/mol. The molecule has 3 N–H and O–H groups in total. The van der Waals surface area contributed by atoms with E-state index in [0.29, 0.717) is 22.7 Å². The number of aliphatic hydroxyl groups excluding tert-OH is 1. The molecule has 3 aromatic carbocycles. The van der Waals surface area contributed by atoms with E-state index >= 15 is 0 Å². The smallest absolute Gasteiger partial charge is 0.177 e. The number of rotatable bonds is 11. The molecule has 10 nitrogen and oxygen atoms in total. The quantitative estimate of drug-likeness (QED) is 0.139. The normalized spacial score (nSPS) is 18.3. The maximum Gasteiger partial charge on any atom is 0.177 e. The lowest BCUT2D eigenvalue weighted by Gasteiger charge is -2.37. The number of nitrogen functional groups attached to an aromatic ring is 1. The van der Waals surface area contributed by atoms with Crippen molar-refractivity contribution in [2.75, 3.05) is 26.6 Å². The van der Waals surface area contributed by atoms with Crippen molar-refractivity contribution in [3.8, 4) is 11.5 Å². The summed E-state index contributed by atoms with van der Waals surface area (Å²) in [5, 5.41) is 12.0. The molecule has 0 radical (unpaired) electrons. The van der Waals surface area contributed by atoms with Crippen LogP contribution in [0.15, 0.2) is 102 Å². The third-order valence-corrected chi connectivity index (χ3v) is 8.69. The van der Waals surface area contributed by atoms with Gasteiger partial charge in [-0.3, -0.25) is 4.57 Å². The van der Waals surface area contributed by atoms with Gasteiger partial charge in [0.1, 0.15) is 35.8 Å². The summed E-state index contributed by atoms with van der Waals surface area (Å²) >= 11 is 1.38. The molecule has 0 aliphatic carbocycles. The Morgan fingerprint density at radius 2 is 1.58 bits per heavy atom. The number of ether oxygens (including phenoxy) is 4. The summed E-state index contributed by atoms with van der Waals surface area (Å²) in [5.74, 6) is 1.73. The Morgan fingerprint density at radius 1 is 0.978 bits per heavy atom. The van der Waals surface area contributed by atoms with Crippen molar-refractivity contribution < 1.29 is 24.1 Å². The Bertz CT molecular complexity index is 1730. The first-order chi connectivity index (χ1) is 21.8.